The Bertz CT molecular complexity index is 902. The maximum Gasteiger partial charge on any atom is 0.240 e. The molecular formula is C15H19BrN8O2. The number of fused-ring (bicyclic) bond motifs is 1. The molecule has 4 heterocycles. The first-order chi connectivity index (χ1) is 12.7. The van der Waals surface area contributed by atoms with Gasteiger partial charge in [-0.3, -0.25) is 4.90 Å². The van der Waals surface area contributed by atoms with Gasteiger partial charge < -0.3 is 14.2 Å². The molecule has 0 unspecified atom stereocenters. The van der Waals surface area contributed by atoms with Crippen LogP contribution in [0.4, 0.5) is 5.82 Å². The minimum atomic E-state index is 0.362. The van der Waals surface area contributed by atoms with Crippen molar-refractivity contribution in [3.05, 3.63) is 22.6 Å². The summed E-state index contributed by atoms with van der Waals surface area (Å²) in [7, 11) is 3.49. The van der Waals surface area contributed by atoms with Crippen molar-refractivity contribution in [1.29, 1.82) is 0 Å². The lowest BCUT2D eigenvalue weighted by molar-refractivity contribution is 0.174. The van der Waals surface area contributed by atoms with Crippen molar-refractivity contribution >= 4 is 32.8 Å². The maximum atomic E-state index is 5.27. The van der Waals surface area contributed by atoms with Gasteiger partial charge in [-0.15, -0.1) is 0 Å². The molecule has 10 nitrogen and oxygen atoms in total. The van der Waals surface area contributed by atoms with Crippen LogP contribution in [0, 0.1) is 0 Å². The van der Waals surface area contributed by atoms with Gasteiger partial charge in [0.15, 0.2) is 11.5 Å². The van der Waals surface area contributed by atoms with Crippen LogP contribution in [0.25, 0.3) is 11.0 Å². The topological polar surface area (TPSA) is 98.2 Å². The zero-order valence-corrected chi connectivity index (χ0v) is 16.2. The highest BCUT2D eigenvalue weighted by atomic mass is 79.9. The van der Waals surface area contributed by atoms with Gasteiger partial charge in [0.05, 0.1) is 11.9 Å². The van der Waals surface area contributed by atoms with E-state index in [1.165, 1.54) is 0 Å². The minimum absolute atomic E-state index is 0.362. The van der Waals surface area contributed by atoms with E-state index in [-0.39, 0.29) is 0 Å². The van der Waals surface area contributed by atoms with Crippen molar-refractivity contribution in [1.82, 2.24) is 34.8 Å². The second-order valence-corrected chi connectivity index (χ2v) is 6.86. The third-order valence-electron chi connectivity index (χ3n) is 4.37. The lowest BCUT2D eigenvalue weighted by Gasteiger charge is -2.34. The van der Waals surface area contributed by atoms with Crippen LogP contribution in [-0.4, -0.2) is 68.1 Å². The number of nitrogens with zero attached hydrogens (tertiary/aromatic N) is 8. The van der Waals surface area contributed by atoms with Crippen molar-refractivity contribution in [2.45, 2.75) is 13.2 Å². The van der Waals surface area contributed by atoms with E-state index in [0.29, 0.717) is 24.9 Å². The molecule has 0 bridgehead atoms. The van der Waals surface area contributed by atoms with E-state index in [9.17, 15) is 0 Å². The molecule has 1 saturated heterocycles. The Balaban J connectivity index is 1.44. The molecule has 26 heavy (non-hydrogen) atoms. The summed E-state index contributed by atoms with van der Waals surface area (Å²) in [5.41, 5.74) is 0.820. The van der Waals surface area contributed by atoms with E-state index in [0.717, 1.165) is 47.6 Å². The van der Waals surface area contributed by atoms with Gasteiger partial charge in [0, 0.05) is 40.3 Å². The number of aryl methyl sites for hydroxylation is 1. The van der Waals surface area contributed by atoms with Gasteiger partial charge in [-0.25, -0.2) is 14.6 Å². The van der Waals surface area contributed by atoms with Crippen LogP contribution in [0.3, 0.4) is 0 Å². The predicted octanol–water partition coefficient (Wildman–Crippen LogP) is 0.977. The summed E-state index contributed by atoms with van der Waals surface area (Å²) < 4.78 is 12.8. The number of hydrogen-bond acceptors (Lipinski definition) is 9. The largest absolute Gasteiger partial charge is 0.377 e. The minimum Gasteiger partial charge on any atom is -0.377 e. The number of aromatic nitrogens is 6. The maximum absolute atomic E-state index is 5.27. The zero-order chi connectivity index (χ0) is 18.1. The van der Waals surface area contributed by atoms with Gasteiger partial charge in [0.2, 0.25) is 5.89 Å². The van der Waals surface area contributed by atoms with Gasteiger partial charge in [-0.2, -0.15) is 10.1 Å². The van der Waals surface area contributed by atoms with Crippen LogP contribution in [0.1, 0.15) is 11.7 Å². The fraction of sp³-hybridized carbons (Fsp3) is 0.533. The summed E-state index contributed by atoms with van der Waals surface area (Å²) >= 11 is 3.52. The van der Waals surface area contributed by atoms with Crippen molar-refractivity contribution in [2.24, 2.45) is 7.05 Å². The third kappa shape index (κ3) is 3.29. The quantitative estimate of drug-likeness (QED) is 0.595. The number of hydrogen-bond donors (Lipinski definition) is 0. The van der Waals surface area contributed by atoms with Crippen LogP contribution >= 0.6 is 15.9 Å². The molecule has 0 N–H and O–H groups in total. The highest BCUT2D eigenvalue weighted by Gasteiger charge is 2.23. The lowest BCUT2D eigenvalue weighted by atomic mass is 10.2. The Hall–Kier alpha value is -2.11. The van der Waals surface area contributed by atoms with Crippen LogP contribution in [-0.2, 0) is 24.9 Å². The molecule has 0 atom stereocenters. The van der Waals surface area contributed by atoms with Gasteiger partial charge in [-0.05, 0) is 15.9 Å². The number of rotatable bonds is 5. The summed E-state index contributed by atoms with van der Waals surface area (Å²) in [5.74, 6) is 2.10. The number of ether oxygens (including phenoxy) is 1. The fourth-order valence-electron chi connectivity index (χ4n) is 3.12. The van der Waals surface area contributed by atoms with Crippen molar-refractivity contribution in [3.8, 4) is 0 Å². The second kappa shape index (κ2) is 7.25. The Kier molecular flexibility index (Phi) is 4.83. The molecule has 4 rings (SSSR count). The normalized spacial score (nSPS) is 15.9. The first-order valence-corrected chi connectivity index (χ1v) is 9.06. The third-order valence-corrected chi connectivity index (χ3v) is 4.93. The highest BCUT2D eigenvalue weighted by Crippen LogP contribution is 2.30. The molecule has 1 fully saturated rings. The molecule has 0 aliphatic carbocycles. The Morgan fingerprint density at radius 3 is 2.81 bits per heavy atom. The van der Waals surface area contributed by atoms with Gasteiger partial charge in [0.25, 0.3) is 0 Å². The van der Waals surface area contributed by atoms with Crippen LogP contribution in [0.5, 0.6) is 0 Å². The average molecular weight is 423 g/mol. The highest BCUT2D eigenvalue weighted by molar-refractivity contribution is 9.10. The summed E-state index contributed by atoms with van der Waals surface area (Å²) in [6.07, 6.45) is 1.59. The molecular weight excluding hydrogens is 404 g/mol. The smallest absolute Gasteiger partial charge is 0.240 e. The van der Waals surface area contributed by atoms with Crippen LogP contribution < -0.4 is 4.90 Å². The summed E-state index contributed by atoms with van der Waals surface area (Å²) in [6, 6.07) is 0. The predicted molar refractivity (Wildman–Crippen MR) is 96.5 cm³/mol. The monoisotopic (exact) mass is 422 g/mol. The fourth-order valence-corrected chi connectivity index (χ4v) is 3.71. The second-order valence-electron chi connectivity index (χ2n) is 6.11. The van der Waals surface area contributed by atoms with Gasteiger partial charge >= 0.3 is 0 Å². The number of halogens is 1. The molecule has 3 aromatic rings. The number of anilines is 1. The number of piperazine rings is 1. The first kappa shape index (κ1) is 17.3. The molecule has 1 aliphatic rings. The first-order valence-electron chi connectivity index (χ1n) is 8.26. The summed E-state index contributed by atoms with van der Waals surface area (Å²) in [6.45, 7) is 4.47. The van der Waals surface area contributed by atoms with Gasteiger partial charge in [0.1, 0.15) is 23.4 Å². The average Bonchev–Trinajstić information content (AvgIpc) is 3.20. The molecule has 3 aromatic heterocycles. The summed E-state index contributed by atoms with van der Waals surface area (Å²) in [4.78, 5) is 17.7. The van der Waals surface area contributed by atoms with E-state index in [1.807, 2.05) is 7.05 Å². The molecule has 0 radical (unpaired) electrons. The van der Waals surface area contributed by atoms with Crippen LogP contribution in [0.2, 0.25) is 0 Å². The molecule has 1 aliphatic heterocycles. The van der Waals surface area contributed by atoms with Crippen molar-refractivity contribution < 1.29 is 9.26 Å². The molecule has 0 amide bonds. The van der Waals surface area contributed by atoms with E-state index in [2.05, 4.69) is 50.9 Å². The molecule has 0 saturated carbocycles. The van der Waals surface area contributed by atoms with E-state index < -0.39 is 0 Å². The Labute approximate surface area is 158 Å². The van der Waals surface area contributed by atoms with Gasteiger partial charge in [-0.1, -0.05) is 5.16 Å². The Morgan fingerprint density at radius 1 is 1.23 bits per heavy atom. The number of methoxy groups -OCH3 is 1. The summed E-state index contributed by atoms with van der Waals surface area (Å²) in [5, 5.41) is 9.24. The van der Waals surface area contributed by atoms with E-state index in [1.54, 1.807) is 18.1 Å². The zero-order valence-electron chi connectivity index (χ0n) is 14.6. The molecule has 11 heteroatoms. The molecule has 0 aromatic carbocycles. The SMILES string of the molecule is COCc1noc(CN2CCN(c3ncnc4c3c(Br)nn4C)CC2)n1. The molecule has 0 spiro atoms. The standard InChI is InChI=1S/C15H19BrN8O2/c1-22-14-12(13(16)20-22)15(18-9-17-14)24-5-3-23(4-6-24)7-11-19-10(8-25-2)21-26-11/h9H,3-8H2,1-2H3. The van der Waals surface area contributed by atoms with Crippen molar-refractivity contribution in [2.75, 3.05) is 38.2 Å². The van der Waals surface area contributed by atoms with Crippen LogP contribution in [0.15, 0.2) is 15.5 Å². The Morgan fingerprint density at radius 2 is 2.04 bits per heavy atom. The lowest BCUT2D eigenvalue weighted by Crippen LogP contribution is -2.46. The van der Waals surface area contributed by atoms with Crippen molar-refractivity contribution in [3.63, 3.8) is 0 Å². The molecule has 138 valence electrons. The van der Waals surface area contributed by atoms with E-state index in [4.69, 9.17) is 9.26 Å². The van der Waals surface area contributed by atoms with E-state index >= 15 is 0 Å².